The lowest BCUT2D eigenvalue weighted by molar-refractivity contribution is 0.0600. The van der Waals surface area contributed by atoms with Crippen LogP contribution in [0.5, 0.6) is 5.75 Å². The average Bonchev–Trinajstić information content (AvgIpc) is 2.74. The van der Waals surface area contributed by atoms with Gasteiger partial charge < -0.3 is 20.1 Å². The Morgan fingerprint density at radius 3 is 2.32 bits per heavy atom. The third-order valence-corrected chi connectivity index (χ3v) is 3.93. The van der Waals surface area contributed by atoms with Gasteiger partial charge in [-0.05, 0) is 54.6 Å². The highest BCUT2D eigenvalue weighted by atomic mass is 16.5. The van der Waals surface area contributed by atoms with Gasteiger partial charge in [0.05, 0.1) is 31.7 Å². The monoisotopic (exact) mass is 377 g/mol. The van der Waals surface area contributed by atoms with Crippen LogP contribution in [0.2, 0.25) is 0 Å². The number of anilines is 3. The van der Waals surface area contributed by atoms with Gasteiger partial charge in [0.25, 0.3) is 5.91 Å². The molecular formula is C21H19N3O4. The maximum atomic E-state index is 12.3. The Bertz CT molecular complexity index is 970. The summed E-state index contributed by atoms with van der Waals surface area (Å²) in [7, 11) is 2.91. The van der Waals surface area contributed by atoms with Crippen LogP contribution in [-0.4, -0.2) is 31.1 Å². The van der Waals surface area contributed by atoms with Gasteiger partial charge >= 0.3 is 5.97 Å². The summed E-state index contributed by atoms with van der Waals surface area (Å²) in [6, 6.07) is 17.2. The standard InChI is InChI=1S/C21H19N3O4/c1-27-18-9-6-14(7-10-18)20(25)24-17-8-11-19(22-13-17)23-16-5-3-4-15(12-16)21(26)28-2/h3-13H,1-2H3,(H,22,23)(H,24,25). The second-order valence-corrected chi connectivity index (χ2v) is 5.81. The van der Waals surface area contributed by atoms with Crippen molar-refractivity contribution in [3.63, 3.8) is 0 Å². The van der Waals surface area contributed by atoms with E-state index in [1.54, 1.807) is 67.9 Å². The number of carbonyl (C=O) groups excluding carboxylic acids is 2. The Balaban J connectivity index is 1.64. The van der Waals surface area contributed by atoms with E-state index in [0.717, 1.165) is 0 Å². The second-order valence-electron chi connectivity index (χ2n) is 5.81. The molecule has 1 heterocycles. The lowest BCUT2D eigenvalue weighted by Crippen LogP contribution is -2.12. The SMILES string of the molecule is COC(=O)c1cccc(Nc2ccc(NC(=O)c3ccc(OC)cc3)cn2)c1. The molecule has 0 bridgehead atoms. The van der Waals surface area contributed by atoms with E-state index in [4.69, 9.17) is 9.47 Å². The van der Waals surface area contributed by atoms with Crippen molar-refractivity contribution >= 4 is 29.1 Å². The molecule has 2 aromatic carbocycles. The second kappa shape index (κ2) is 8.68. The van der Waals surface area contributed by atoms with E-state index >= 15 is 0 Å². The van der Waals surface area contributed by atoms with E-state index in [-0.39, 0.29) is 5.91 Å². The first-order valence-electron chi connectivity index (χ1n) is 8.46. The third kappa shape index (κ3) is 4.64. The molecule has 0 aliphatic carbocycles. The molecule has 0 saturated carbocycles. The molecule has 142 valence electrons. The van der Waals surface area contributed by atoms with Crippen LogP contribution < -0.4 is 15.4 Å². The van der Waals surface area contributed by atoms with Crippen LogP contribution in [0.1, 0.15) is 20.7 Å². The van der Waals surface area contributed by atoms with Crippen LogP contribution in [0.15, 0.2) is 66.9 Å². The highest BCUT2D eigenvalue weighted by Crippen LogP contribution is 2.19. The van der Waals surface area contributed by atoms with Crippen LogP contribution in [0, 0.1) is 0 Å². The molecule has 0 saturated heterocycles. The zero-order valence-electron chi connectivity index (χ0n) is 15.4. The average molecular weight is 377 g/mol. The van der Waals surface area contributed by atoms with E-state index in [9.17, 15) is 9.59 Å². The van der Waals surface area contributed by atoms with Crippen molar-refractivity contribution in [2.45, 2.75) is 0 Å². The molecule has 28 heavy (non-hydrogen) atoms. The zero-order valence-corrected chi connectivity index (χ0v) is 15.4. The van der Waals surface area contributed by atoms with Crippen molar-refractivity contribution in [1.82, 2.24) is 4.98 Å². The normalized spacial score (nSPS) is 10.1. The van der Waals surface area contributed by atoms with E-state index in [1.165, 1.54) is 7.11 Å². The van der Waals surface area contributed by atoms with Crippen LogP contribution in [0.3, 0.4) is 0 Å². The van der Waals surface area contributed by atoms with Crippen LogP contribution >= 0.6 is 0 Å². The van der Waals surface area contributed by atoms with Gasteiger partial charge in [-0.3, -0.25) is 4.79 Å². The van der Waals surface area contributed by atoms with Crippen molar-refractivity contribution in [2.75, 3.05) is 24.9 Å². The lowest BCUT2D eigenvalue weighted by atomic mass is 10.2. The molecule has 7 heteroatoms. The van der Waals surface area contributed by atoms with E-state index in [1.807, 2.05) is 6.07 Å². The van der Waals surface area contributed by atoms with E-state index < -0.39 is 5.97 Å². The number of benzene rings is 2. The first-order valence-corrected chi connectivity index (χ1v) is 8.46. The van der Waals surface area contributed by atoms with Gasteiger partial charge in [-0.25, -0.2) is 9.78 Å². The predicted octanol–water partition coefficient (Wildman–Crippen LogP) is 3.87. The van der Waals surface area contributed by atoms with Crippen LogP contribution in [0.4, 0.5) is 17.2 Å². The van der Waals surface area contributed by atoms with Gasteiger partial charge in [0.2, 0.25) is 0 Å². The van der Waals surface area contributed by atoms with Crippen LogP contribution in [-0.2, 0) is 4.74 Å². The third-order valence-electron chi connectivity index (χ3n) is 3.93. The van der Waals surface area contributed by atoms with Crippen LogP contribution in [0.25, 0.3) is 0 Å². The van der Waals surface area contributed by atoms with Crippen molar-refractivity contribution in [2.24, 2.45) is 0 Å². The summed E-state index contributed by atoms with van der Waals surface area (Å²) in [5.41, 5.74) is 2.22. The van der Waals surface area contributed by atoms with Crippen molar-refractivity contribution in [3.8, 4) is 5.75 Å². The molecule has 2 N–H and O–H groups in total. The Morgan fingerprint density at radius 1 is 0.893 bits per heavy atom. The number of hydrogen-bond acceptors (Lipinski definition) is 6. The quantitative estimate of drug-likeness (QED) is 0.634. The van der Waals surface area contributed by atoms with Gasteiger partial charge in [-0.2, -0.15) is 0 Å². The summed E-state index contributed by atoms with van der Waals surface area (Å²) in [6.07, 6.45) is 1.55. The number of nitrogens with zero attached hydrogens (tertiary/aromatic N) is 1. The highest BCUT2D eigenvalue weighted by molar-refractivity contribution is 6.04. The Kier molecular flexibility index (Phi) is 5.86. The summed E-state index contributed by atoms with van der Waals surface area (Å²) < 4.78 is 9.80. The summed E-state index contributed by atoms with van der Waals surface area (Å²) >= 11 is 0. The fourth-order valence-electron chi connectivity index (χ4n) is 2.48. The fourth-order valence-corrected chi connectivity index (χ4v) is 2.48. The molecule has 7 nitrogen and oxygen atoms in total. The number of methoxy groups -OCH3 is 2. The number of amides is 1. The number of aromatic nitrogens is 1. The van der Waals surface area contributed by atoms with Crippen molar-refractivity contribution in [1.29, 1.82) is 0 Å². The Morgan fingerprint density at radius 2 is 1.68 bits per heavy atom. The number of carbonyl (C=O) groups is 2. The van der Waals surface area contributed by atoms with E-state index in [2.05, 4.69) is 15.6 Å². The lowest BCUT2D eigenvalue weighted by Gasteiger charge is -2.09. The van der Waals surface area contributed by atoms with Gasteiger partial charge in [-0.1, -0.05) is 6.07 Å². The van der Waals surface area contributed by atoms with Gasteiger partial charge in [0, 0.05) is 11.3 Å². The summed E-state index contributed by atoms with van der Waals surface area (Å²) in [4.78, 5) is 28.2. The number of ether oxygens (including phenoxy) is 2. The molecule has 0 atom stereocenters. The Hall–Kier alpha value is -3.87. The molecule has 0 unspecified atom stereocenters. The molecule has 0 fully saturated rings. The zero-order chi connectivity index (χ0) is 19.9. The molecular weight excluding hydrogens is 358 g/mol. The fraction of sp³-hybridized carbons (Fsp3) is 0.0952. The Labute approximate surface area is 162 Å². The molecule has 3 aromatic rings. The van der Waals surface area contributed by atoms with Gasteiger partial charge in [-0.15, -0.1) is 0 Å². The maximum Gasteiger partial charge on any atom is 0.337 e. The smallest absolute Gasteiger partial charge is 0.337 e. The van der Waals surface area contributed by atoms with Gasteiger partial charge in [0.15, 0.2) is 0 Å². The number of esters is 1. The van der Waals surface area contributed by atoms with Crippen molar-refractivity contribution in [3.05, 3.63) is 78.0 Å². The largest absolute Gasteiger partial charge is 0.497 e. The number of nitrogens with one attached hydrogen (secondary N) is 2. The minimum Gasteiger partial charge on any atom is -0.497 e. The molecule has 1 amide bonds. The molecule has 0 aliphatic rings. The van der Waals surface area contributed by atoms with Gasteiger partial charge in [0.1, 0.15) is 11.6 Å². The molecule has 0 spiro atoms. The number of hydrogen-bond donors (Lipinski definition) is 2. The molecule has 3 rings (SSSR count). The van der Waals surface area contributed by atoms with Crippen molar-refractivity contribution < 1.29 is 19.1 Å². The summed E-state index contributed by atoms with van der Waals surface area (Å²) in [6.45, 7) is 0. The molecule has 0 radical (unpaired) electrons. The number of rotatable bonds is 6. The number of pyridine rings is 1. The summed E-state index contributed by atoms with van der Waals surface area (Å²) in [5.74, 6) is 0.610. The first-order chi connectivity index (χ1) is 13.6. The first kappa shape index (κ1) is 18.9. The maximum absolute atomic E-state index is 12.3. The minimum absolute atomic E-state index is 0.240. The highest BCUT2D eigenvalue weighted by Gasteiger charge is 2.08. The van der Waals surface area contributed by atoms with E-state index in [0.29, 0.717) is 34.1 Å². The molecule has 0 aliphatic heterocycles. The minimum atomic E-state index is -0.409. The molecule has 1 aromatic heterocycles. The predicted molar refractivity (Wildman–Crippen MR) is 106 cm³/mol. The summed E-state index contributed by atoms with van der Waals surface area (Å²) in [5, 5.41) is 5.89. The topological polar surface area (TPSA) is 89.6 Å².